The van der Waals surface area contributed by atoms with Crippen molar-refractivity contribution >= 4 is 27.7 Å². The van der Waals surface area contributed by atoms with Gasteiger partial charge in [0.05, 0.1) is 0 Å². The Balaban J connectivity index is 2.46. The Morgan fingerprint density at radius 1 is 1.50 bits per heavy atom. The van der Waals surface area contributed by atoms with E-state index in [2.05, 4.69) is 15.9 Å². The van der Waals surface area contributed by atoms with Gasteiger partial charge in [-0.25, -0.2) is 4.39 Å². The lowest BCUT2D eigenvalue weighted by Gasteiger charge is -2.19. The summed E-state index contributed by atoms with van der Waals surface area (Å²) in [6.07, 6.45) is 1.13. The highest BCUT2D eigenvalue weighted by Crippen LogP contribution is 2.40. The monoisotopic (exact) mass is 246 g/mol. The van der Waals surface area contributed by atoms with E-state index in [9.17, 15) is 4.39 Å². The molecule has 1 aromatic carbocycles. The van der Waals surface area contributed by atoms with Gasteiger partial charge in [0.2, 0.25) is 0 Å². The second-order valence-electron chi connectivity index (χ2n) is 2.79. The Bertz CT molecular complexity index is 301. The predicted octanol–water partition coefficient (Wildman–Crippen LogP) is 3.76. The third-order valence-corrected chi connectivity index (χ3v) is 4.00. The van der Waals surface area contributed by atoms with Crippen LogP contribution in [0.2, 0.25) is 0 Å². The lowest BCUT2D eigenvalue weighted by Crippen LogP contribution is -2.01. The fourth-order valence-electron chi connectivity index (χ4n) is 1.32. The van der Waals surface area contributed by atoms with E-state index < -0.39 is 0 Å². The van der Waals surface area contributed by atoms with Crippen molar-refractivity contribution in [1.82, 2.24) is 0 Å². The van der Waals surface area contributed by atoms with Gasteiger partial charge in [0, 0.05) is 9.72 Å². The van der Waals surface area contributed by atoms with Gasteiger partial charge in [-0.2, -0.15) is 0 Å². The first-order valence-electron chi connectivity index (χ1n) is 3.83. The molecule has 0 radical (unpaired) electrons. The highest BCUT2D eigenvalue weighted by atomic mass is 79.9. The quantitative estimate of drug-likeness (QED) is 0.629. The van der Waals surface area contributed by atoms with Crippen LogP contribution < -0.4 is 0 Å². The molecule has 1 unspecified atom stereocenters. The van der Waals surface area contributed by atoms with Crippen LogP contribution in [0.15, 0.2) is 23.1 Å². The molecule has 0 saturated carbocycles. The van der Waals surface area contributed by atoms with Gasteiger partial charge in [0.1, 0.15) is 5.82 Å². The third kappa shape index (κ3) is 1.52. The molecule has 0 amide bonds. The maximum Gasteiger partial charge on any atom is 0.124 e. The number of benzene rings is 1. The molecule has 0 aromatic heterocycles. The standard InChI is InChI=1S/C9H8BrFS/c10-8-3-4-12-9-5-6(11)1-2-7(8)9/h1-2,5,8H,3-4H2. The summed E-state index contributed by atoms with van der Waals surface area (Å²) in [5, 5.41) is 0. The van der Waals surface area contributed by atoms with Crippen LogP contribution in [-0.4, -0.2) is 5.75 Å². The fraction of sp³-hybridized carbons (Fsp3) is 0.333. The molecule has 0 N–H and O–H groups in total. The zero-order valence-electron chi connectivity index (χ0n) is 6.39. The second-order valence-corrected chi connectivity index (χ2v) is 5.03. The van der Waals surface area contributed by atoms with Gasteiger partial charge in [-0.1, -0.05) is 22.0 Å². The second kappa shape index (κ2) is 3.38. The summed E-state index contributed by atoms with van der Waals surface area (Å²) in [4.78, 5) is 1.50. The molecule has 0 fully saturated rings. The number of hydrogen-bond acceptors (Lipinski definition) is 1. The van der Waals surface area contributed by atoms with Crippen molar-refractivity contribution in [3.8, 4) is 0 Å². The van der Waals surface area contributed by atoms with Crippen molar-refractivity contribution in [3.63, 3.8) is 0 Å². The molecule has 1 atom stereocenters. The molecule has 0 nitrogen and oxygen atoms in total. The van der Waals surface area contributed by atoms with E-state index in [-0.39, 0.29) is 5.82 Å². The van der Waals surface area contributed by atoms with Crippen molar-refractivity contribution in [1.29, 1.82) is 0 Å². The summed E-state index contributed by atoms with van der Waals surface area (Å²) >= 11 is 5.31. The van der Waals surface area contributed by atoms with E-state index in [1.807, 2.05) is 6.07 Å². The van der Waals surface area contributed by atoms with Crippen LogP contribution in [0.1, 0.15) is 16.8 Å². The molecular weight excluding hydrogens is 239 g/mol. The Morgan fingerprint density at radius 2 is 2.33 bits per heavy atom. The number of alkyl halides is 1. The molecule has 64 valence electrons. The van der Waals surface area contributed by atoms with Gasteiger partial charge < -0.3 is 0 Å². The topological polar surface area (TPSA) is 0 Å². The highest BCUT2D eigenvalue weighted by Gasteiger charge is 2.17. The molecule has 1 aliphatic heterocycles. The third-order valence-electron chi connectivity index (χ3n) is 1.94. The van der Waals surface area contributed by atoms with Gasteiger partial charge in [-0.05, 0) is 29.9 Å². The van der Waals surface area contributed by atoms with Gasteiger partial charge in [0.25, 0.3) is 0 Å². The van der Waals surface area contributed by atoms with E-state index >= 15 is 0 Å². The molecular formula is C9H8BrFS. The Kier molecular flexibility index (Phi) is 2.42. The van der Waals surface area contributed by atoms with Crippen LogP contribution in [0.3, 0.4) is 0 Å². The predicted molar refractivity (Wildman–Crippen MR) is 53.4 cm³/mol. The van der Waals surface area contributed by atoms with Crippen molar-refractivity contribution < 1.29 is 4.39 Å². The molecule has 3 heteroatoms. The number of hydrogen-bond donors (Lipinski definition) is 0. The van der Waals surface area contributed by atoms with Crippen LogP contribution in [-0.2, 0) is 0 Å². The lowest BCUT2D eigenvalue weighted by molar-refractivity contribution is 0.621. The first kappa shape index (κ1) is 8.57. The Hall–Kier alpha value is -0.0200. The summed E-state index contributed by atoms with van der Waals surface area (Å²) in [5.74, 6) is 0.940. The van der Waals surface area contributed by atoms with Crippen molar-refractivity contribution in [3.05, 3.63) is 29.6 Å². The van der Waals surface area contributed by atoms with Gasteiger partial charge in [-0.15, -0.1) is 11.8 Å². The van der Waals surface area contributed by atoms with E-state index in [0.717, 1.165) is 17.1 Å². The zero-order valence-corrected chi connectivity index (χ0v) is 8.79. The average molecular weight is 247 g/mol. The van der Waals surface area contributed by atoms with Crippen LogP contribution in [0, 0.1) is 5.82 Å². The molecule has 0 aliphatic carbocycles. The lowest BCUT2D eigenvalue weighted by atomic mass is 10.1. The van der Waals surface area contributed by atoms with Crippen LogP contribution in [0.25, 0.3) is 0 Å². The van der Waals surface area contributed by atoms with Gasteiger partial charge in [0.15, 0.2) is 0 Å². The molecule has 0 saturated heterocycles. The number of fused-ring (bicyclic) bond motifs is 1. The zero-order chi connectivity index (χ0) is 8.55. The summed E-state index contributed by atoms with van der Waals surface area (Å²) in [6, 6.07) is 5.02. The molecule has 12 heavy (non-hydrogen) atoms. The molecule has 1 aromatic rings. The van der Waals surface area contributed by atoms with Crippen molar-refractivity contribution in [2.75, 3.05) is 5.75 Å². The summed E-state index contributed by atoms with van der Waals surface area (Å²) < 4.78 is 12.8. The van der Waals surface area contributed by atoms with Gasteiger partial charge in [-0.3, -0.25) is 0 Å². The normalized spacial score (nSPS) is 22.0. The van der Waals surface area contributed by atoms with Gasteiger partial charge >= 0.3 is 0 Å². The number of halogens is 2. The van der Waals surface area contributed by atoms with E-state index in [1.165, 1.54) is 11.6 Å². The molecule has 0 bridgehead atoms. The molecule has 1 heterocycles. The highest BCUT2D eigenvalue weighted by molar-refractivity contribution is 9.09. The van der Waals surface area contributed by atoms with Crippen LogP contribution in [0.4, 0.5) is 4.39 Å². The van der Waals surface area contributed by atoms with Crippen LogP contribution >= 0.6 is 27.7 Å². The fourth-order valence-corrected chi connectivity index (χ4v) is 3.55. The first-order chi connectivity index (χ1) is 5.77. The minimum atomic E-state index is -0.136. The minimum Gasteiger partial charge on any atom is -0.207 e. The first-order valence-corrected chi connectivity index (χ1v) is 5.74. The molecule has 2 rings (SSSR count). The van der Waals surface area contributed by atoms with Crippen molar-refractivity contribution in [2.24, 2.45) is 0 Å². The molecule has 1 aliphatic rings. The number of rotatable bonds is 0. The summed E-state index contributed by atoms with van der Waals surface area (Å²) in [5.41, 5.74) is 1.23. The SMILES string of the molecule is Fc1ccc2c(c1)SCCC2Br. The number of thioether (sulfide) groups is 1. The smallest absolute Gasteiger partial charge is 0.124 e. The minimum absolute atomic E-state index is 0.136. The Morgan fingerprint density at radius 3 is 3.17 bits per heavy atom. The van der Waals surface area contributed by atoms with Crippen molar-refractivity contribution in [2.45, 2.75) is 16.1 Å². The summed E-state index contributed by atoms with van der Waals surface area (Å²) in [7, 11) is 0. The Labute approximate surface area is 83.7 Å². The summed E-state index contributed by atoms with van der Waals surface area (Å²) in [6.45, 7) is 0. The van der Waals surface area contributed by atoms with E-state index in [1.54, 1.807) is 17.8 Å². The largest absolute Gasteiger partial charge is 0.207 e. The van der Waals surface area contributed by atoms with E-state index in [4.69, 9.17) is 0 Å². The molecule has 0 spiro atoms. The maximum atomic E-state index is 12.8. The van der Waals surface area contributed by atoms with E-state index in [0.29, 0.717) is 4.83 Å². The maximum absolute atomic E-state index is 12.8. The van der Waals surface area contributed by atoms with Crippen LogP contribution in [0.5, 0.6) is 0 Å². The average Bonchev–Trinajstić information content (AvgIpc) is 2.04.